The second-order valence-electron chi connectivity index (χ2n) is 11.2. The Labute approximate surface area is 251 Å². The van der Waals surface area contributed by atoms with Crippen molar-refractivity contribution in [2.24, 2.45) is 5.41 Å². The number of ether oxygens (including phenoxy) is 1. The summed E-state index contributed by atoms with van der Waals surface area (Å²) in [5, 5.41) is 8.15. The van der Waals surface area contributed by atoms with Crippen molar-refractivity contribution in [2.45, 2.75) is 13.8 Å². The molecule has 1 nitrogen and oxygen atoms in total. The highest BCUT2D eigenvalue weighted by atomic mass is 31.1. The first-order valence-corrected chi connectivity index (χ1v) is 17.0. The summed E-state index contributed by atoms with van der Waals surface area (Å²) < 4.78 is 6.43. The van der Waals surface area contributed by atoms with E-state index >= 15 is 0 Å². The minimum absolute atomic E-state index is 0.0552. The van der Waals surface area contributed by atoms with Crippen LogP contribution in [0.25, 0.3) is 5.57 Å². The van der Waals surface area contributed by atoms with E-state index < -0.39 is 15.8 Å². The molecule has 0 bridgehead atoms. The lowest BCUT2D eigenvalue weighted by atomic mass is 9.80. The first kappa shape index (κ1) is 26.9. The Bertz CT molecular complexity index is 1730. The molecular weight excluding hydrogens is 546 g/mol. The van der Waals surface area contributed by atoms with Crippen molar-refractivity contribution in [2.75, 3.05) is 0 Å². The third-order valence-corrected chi connectivity index (χ3v) is 12.9. The zero-order valence-corrected chi connectivity index (χ0v) is 25.6. The number of fused-ring (bicyclic) bond motifs is 3. The number of hydrogen-bond donors (Lipinski definition) is 0. The maximum Gasteiger partial charge on any atom is 0.135 e. The minimum Gasteiger partial charge on any atom is -0.464 e. The van der Waals surface area contributed by atoms with Gasteiger partial charge in [0.15, 0.2) is 0 Å². The SMILES string of the molecule is CC1(C)C=CC2=COc3ccc(P(c4ccccc4)c4ccccc4)c(P(c4ccccc4)c4ccccc4)c3C2=C1. The number of hydrogen-bond acceptors (Lipinski definition) is 1. The standard InChI is InChI=1S/C39H32OP2/c1-39(2)26-25-29-28-40-35-23-24-36(41(30-15-7-3-8-16-30)31-17-9-4-10-18-31)38(37(35)34(29)27-39)42(32-19-11-5-12-20-32)33-21-13-6-14-22-33/h3-28H,1-2H3. The normalized spacial score (nSPS) is 15.0. The number of benzene rings is 5. The van der Waals surface area contributed by atoms with Gasteiger partial charge in [-0.05, 0) is 60.1 Å². The van der Waals surface area contributed by atoms with Gasteiger partial charge < -0.3 is 4.74 Å². The van der Waals surface area contributed by atoms with Gasteiger partial charge in [0.2, 0.25) is 0 Å². The van der Waals surface area contributed by atoms with Crippen LogP contribution in [0.15, 0.2) is 164 Å². The molecular formula is C39H32OP2. The molecule has 0 atom stereocenters. The summed E-state index contributed by atoms with van der Waals surface area (Å²) >= 11 is 0. The van der Waals surface area contributed by atoms with E-state index in [0.29, 0.717) is 0 Å². The molecule has 0 saturated carbocycles. The van der Waals surface area contributed by atoms with Crippen molar-refractivity contribution in [1.82, 2.24) is 0 Å². The molecule has 3 heteroatoms. The average Bonchev–Trinajstić information content (AvgIpc) is 3.03. The quantitative estimate of drug-likeness (QED) is 0.190. The largest absolute Gasteiger partial charge is 0.464 e. The highest BCUT2D eigenvalue weighted by Crippen LogP contribution is 2.48. The third kappa shape index (κ3) is 5.09. The smallest absolute Gasteiger partial charge is 0.135 e. The van der Waals surface area contributed by atoms with Crippen LogP contribution in [0.3, 0.4) is 0 Å². The second-order valence-corrected chi connectivity index (χ2v) is 15.6. The van der Waals surface area contributed by atoms with Gasteiger partial charge in [-0.3, -0.25) is 0 Å². The van der Waals surface area contributed by atoms with Crippen LogP contribution in [0.5, 0.6) is 5.75 Å². The number of allylic oxidation sites excluding steroid dienone is 5. The van der Waals surface area contributed by atoms with E-state index in [1.165, 1.54) is 43.0 Å². The molecule has 7 rings (SSSR count). The van der Waals surface area contributed by atoms with Gasteiger partial charge in [-0.2, -0.15) is 0 Å². The van der Waals surface area contributed by atoms with Gasteiger partial charge in [-0.25, -0.2) is 0 Å². The summed E-state index contributed by atoms with van der Waals surface area (Å²) in [5.41, 5.74) is 3.59. The van der Waals surface area contributed by atoms with Crippen molar-refractivity contribution in [3.05, 3.63) is 169 Å². The maximum atomic E-state index is 6.43. The molecule has 1 heterocycles. The van der Waals surface area contributed by atoms with E-state index in [9.17, 15) is 0 Å². The molecule has 0 radical (unpaired) electrons. The average molecular weight is 579 g/mol. The van der Waals surface area contributed by atoms with E-state index in [2.05, 4.69) is 166 Å². The summed E-state index contributed by atoms with van der Waals surface area (Å²) in [7, 11) is -1.76. The van der Waals surface area contributed by atoms with E-state index in [1.807, 2.05) is 6.26 Å². The zero-order valence-electron chi connectivity index (χ0n) is 23.8. The maximum absolute atomic E-state index is 6.43. The highest BCUT2D eigenvalue weighted by Gasteiger charge is 2.34. The summed E-state index contributed by atoms with van der Waals surface area (Å²) in [5.74, 6) is 0.935. The molecule has 5 aromatic rings. The van der Waals surface area contributed by atoms with Crippen LogP contribution < -0.4 is 36.6 Å². The molecule has 0 unspecified atom stereocenters. The fraction of sp³-hybridized carbons (Fsp3) is 0.0769. The van der Waals surface area contributed by atoms with Crippen molar-refractivity contribution in [3.8, 4) is 5.75 Å². The molecule has 42 heavy (non-hydrogen) atoms. The summed E-state index contributed by atoms with van der Waals surface area (Å²) in [4.78, 5) is 0. The van der Waals surface area contributed by atoms with Crippen LogP contribution in [0, 0.1) is 5.41 Å². The predicted octanol–water partition coefficient (Wildman–Crippen LogP) is 7.46. The van der Waals surface area contributed by atoms with Gasteiger partial charge >= 0.3 is 0 Å². The molecule has 0 saturated heterocycles. The molecule has 5 aromatic carbocycles. The van der Waals surface area contributed by atoms with Gasteiger partial charge in [0.25, 0.3) is 0 Å². The number of rotatable bonds is 6. The Morgan fingerprint density at radius 3 is 1.52 bits per heavy atom. The fourth-order valence-electron chi connectivity index (χ4n) is 5.81. The van der Waals surface area contributed by atoms with Gasteiger partial charge in [0, 0.05) is 21.9 Å². The van der Waals surface area contributed by atoms with E-state index in [-0.39, 0.29) is 5.41 Å². The van der Waals surface area contributed by atoms with Crippen LogP contribution in [-0.2, 0) is 0 Å². The Morgan fingerprint density at radius 1 is 0.548 bits per heavy atom. The molecule has 0 spiro atoms. The third-order valence-electron chi connectivity index (χ3n) is 7.74. The van der Waals surface area contributed by atoms with Crippen LogP contribution in [0.1, 0.15) is 19.4 Å². The zero-order chi connectivity index (χ0) is 28.5. The molecule has 204 valence electrons. The van der Waals surface area contributed by atoms with Crippen molar-refractivity contribution >= 4 is 53.2 Å². The summed E-state index contributed by atoms with van der Waals surface area (Å²) in [6.07, 6.45) is 8.87. The Balaban J connectivity index is 1.60. The first-order chi connectivity index (χ1) is 20.6. The Kier molecular flexibility index (Phi) is 7.25. The molecule has 0 amide bonds. The van der Waals surface area contributed by atoms with Crippen LogP contribution in [0.4, 0.5) is 0 Å². The second kappa shape index (κ2) is 11.3. The van der Waals surface area contributed by atoms with Gasteiger partial charge in [-0.15, -0.1) is 0 Å². The Hall–Kier alpha value is -4.02. The van der Waals surface area contributed by atoms with Gasteiger partial charge in [-0.1, -0.05) is 153 Å². The van der Waals surface area contributed by atoms with E-state index in [0.717, 1.165) is 11.3 Å². The molecule has 2 aliphatic rings. The van der Waals surface area contributed by atoms with E-state index in [1.54, 1.807) is 0 Å². The van der Waals surface area contributed by atoms with Crippen LogP contribution >= 0.6 is 15.8 Å². The fourth-order valence-corrected chi connectivity index (χ4v) is 11.3. The van der Waals surface area contributed by atoms with Gasteiger partial charge in [0.05, 0.1) is 6.26 Å². The topological polar surface area (TPSA) is 9.23 Å². The predicted molar refractivity (Wildman–Crippen MR) is 183 cm³/mol. The monoisotopic (exact) mass is 578 g/mol. The molecule has 0 fully saturated rings. The molecule has 0 aromatic heterocycles. The van der Waals surface area contributed by atoms with Gasteiger partial charge in [0.1, 0.15) is 5.75 Å². The lowest BCUT2D eigenvalue weighted by Crippen LogP contribution is -2.37. The van der Waals surface area contributed by atoms with Crippen molar-refractivity contribution in [3.63, 3.8) is 0 Å². The highest BCUT2D eigenvalue weighted by molar-refractivity contribution is 7.85. The van der Waals surface area contributed by atoms with Crippen molar-refractivity contribution in [1.29, 1.82) is 0 Å². The molecule has 1 aliphatic heterocycles. The van der Waals surface area contributed by atoms with Crippen LogP contribution in [0.2, 0.25) is 0 Å². The Morgan fingerprint density at radius 2 is 1.02 bits per heavy atom. The van der Waals surface area contributed by atoms with Crippen LogP contribution in [-0.4, -0.2) is 0 Å². The summed E-state index contributed by atoms with van der Waals surface area (Å²) in [6.45, 7) is 4.56. The van der Waals surface area contributed by atoms with E-state index in [4.69, 9.17) is 4.74 Å². The summed E-state index contributed by atoms with van der Waals surface area (Å²) in [6, 6.07) is 48.8. The molecule has 1 aliphatic carbocycles. The van der Waals surface area contributed by atoms with Crippen molar-refractivity contribution < 1.29 is 4.74 Å². The molecule has 0 N–H and O–H groups in total. The first-order valence-electron chi connectivity index (χ1n) is 14.4. The minimum atomic E-state index is -0.914. The lowest BCUT2D eigenvalue weighted by molar-refractivity contribution is 0.471. The lowest BCUT2D eigenvalue weighted by Gasteiger charge is -2.34.